The number of aromatic nitrogens is 2. The SMILES string of the molecule is COc1cc(C(=O)c2cn3ccc(C)cc3n2)cc(OC)c1OC. The molecule has 6 nitrogen and oxygen atoms in total. The van der Waals surface area contributed by atoms with E-state index in [1.54, 1.807) is 18.3 Å². The molecule has 124 valence electrons. The molecule has 2 aromatic heterocycles. The van der Waals surface area contributed by atoms with Gasteiger partial charge < -0.3 is 18.6 Å². The fraction of sp³-hybridized carbons (Fsp3) is 0.222. The molecule has 0 atom stereocenters. The Morgan fingerprint density at radius 1 is 1.04 bits per heavy atom. The number of fused-ring (bicyclic) bond motifs is 1. The molecule has 0 unspecified atom stereocenters. The van der Waals surface area contributed by atoms with Gasteiger partial charge in [0.2, 0.25) is 11.5 Å². The first-order chi connectivity index (χ1) is 11.6. The summed E-state index contributed by atoms with van der Waals surface area (Å²) in [5, 5.41) is 0. The van der Waals surface area contributed by atoms with Gasteiger partial charge in [0.15, 0.2) is 11.5 Å². The van der Waals surface area contributed by atoms with Crippen molar-refractivity contribution in [2.75, 3.05) is 21.3 Å². The van der Waals surface area contributed by atoms with Gasteiger partial charge in [-0.05, 0) is 36.8 Å². The number of ether oxygens (including phenoxy) is 3. The quantitative estimate of drug-likeness (QED) is 0.675. The maximum Gasteiger partial charge on any atom is 0.213 e. The monoisotopic (exact) mass is 326 g/mol. The summed E-state index contributed by atoms with van der Waals surface area (Å²) in [5.41, 5.74) is 2.59. The molecule has 6 heteroatoms. The van der Waals surface area contributed by atoms with Crippen LogP contribution in [0.1, 0.15) is 21.6 Å². The van der Waals surface area contributed by atoms with Crippen LogP contribution < -0.4 is 14.2 Å². The zero-order valence-corrected chi connectivity index (χ0v) is 14.0. The molecule has 0 aliphatic heterocycles. The summed E-state index contributed by atoms with van der Waals surface area (Å²) >= 11 is 0. The molecule has 2 heterocycles. The van der Waals surface area contributed by atoms with Gasteiger partial charge >= 0.3 is 0 Å². The minimum Gasteiger partial charge on any atom is -0.493 e. The fourth-order valence-corrected chi connectivity index (χ4v) is 2.55. The number of carbonyl (C=O) groups excluding carboxylic acids is 1. The lowest BCUT2D eigenvalue weighted by atomic mass is 10.1. The smallest absolute Gasteiger partial charge is 0.213 e. The topological polar surface area (TPSA) is 62.1 Å². The summed E-state index contributed by atoms with van der Waals surface area (Å²) in [5.74, 6) is 1.09. The minimum absolute atomic E-state index is 0.212. The molecule has 0 saturated heterocycles. The summed E-state index contributed by atoms with van der Waals surface area (Å²) in [6, 6.07) is 7.13. The zero-order valence-electron chi connectivity index (χ0n) is 14.0. The van der Waals surface area contributed by atoms with Gasteiger partial charge in [-0.15, -0.1) is 0 Å². The largest absolute Gasteiger partial charge is 0.493 e. The molecular weight excluding hydrogens is 308 g/mol. The van der Waals surface area contributed by atoms with Crippen molar-refractivity contribution in [3.05, 3.63) is 53.5 Å². The number of imidazole rings is 1. The third-order valence-corrected chi connectivity index (χ3v) is 3.78. The minimum atomic E-state index is -0.212. The Bertz CT molecular complexity index is 890. The highest BCUT2D eigenvalue weighted by Crippen LogP contribution is 2.38. The summed E-state index contributed by atoms with van der Waals surface area (Å²) < 4.78 is 17.7. The van der Waals surface area contributed by atoms with Crippen molar-refractivity contribution in [3.63, 3.8) is 0 Å². The van der Waals surface area contributed by atoms with Gasteiger partial charge in [-0.1, -0.05) is 0 Å². The number of benzene rings is 1. The van der Waals surface area contributed by atoms with Gasteiger partial charge in [-0.2, -0.15) is 0 Å². The molecule has 0 aliphatic carbocycles. The molecule has 0 N–H and O–H groups in total. The summed E-state index contributed by atoms with van der Waals surface area (Å²) in [6.45, 7) is 1.98. The zero-order chi connectivity index (χ0) is 17.3. The molecule has 0 fully saturated rings. The van der Waals surface area contributed by atoms with Crippen molar-refractivity contribution in [2.24, 2.45) is 0 Å². The number of hydrogen-bond acceptors (Lipinski definition) is 5. The highest BCUT2D eigenvalue weighted by atomic mass is 16.5. The Labute approximate surface area is 139 Å². The van der Waals surface area contributed by atoms with Crippen LogP contribution in [0.5, 0.6) is 17.2 Å². The van der Waals surface area contributed by atoms with Gasteiger partial charge in [-0.3, -0.25) is 4.79 Å². The molecule has 0 spiro atoms. The third-order valence-electron chi connectivity index (χ3n) is 3.78. The summed E-state index contributed by atoms with van der Waals surface area (Å²) in [7, 11) is 4.55. The Kier molecular flexibility index (Phi) is 4.12. The van der Waals surface area contributed by atoms with Crippen molar-refractivity contribution in [1.29, 1.82) is 0 Å². The number of ketones is 1. The van der Waals surface area contributed by atoms with Crippen LogP contribution in [0.3, 0.4) is 0 Å². The number of aryl methyl sites for hydroxylation is 1. The van der Waals surface area contributed by atoms with E-state index in [-0.39, 0.29) is 5.78 Å². The lowest BCUT2D eigenvalue weighted by molar-refractivity contribution is 0.103. The van der Waals surface area contributed by atoms with E-state index >= 15 is 0 Å². The van der Waals surface area contributed by atoms with Gasteiger partial charge in [0, 0.05) is 18.0 Å². The fourth-order valence-electron chi connectivity index (χ4n) is 2.55. The van der Waals surface area contributed by atoms with Crippen molar-refractivity contribution in [2.45, 2.75) is 6.92 Å². The Balaban J connectivity index is 2.08. The average molecular weight is 326 g/mol. The van der Waals surface area contributed by atoms with E-state index in [1.165, 1.54) is 21.3 Å². The van der Waals surface area contributed by atoms with Gasteiger partial charge in [0.05, 0.1) is 21.3 Å². The van der Waals surface area contributed by atoms with Crippen molar-refractivity contribution in [3.8, 4) is 17.2 Å². The second kappa shape index (κ2) is 6.23. The second-order valence-electron chi connectivity index (χ2n) is 5.34. The summed E-state index contributed by atoms with van der Waals surface area (Å²) in [6.07, 6.45) is 3.59. The van der Waals surface area contributed by atoms with Gasteiger partial charge in [0.25, 0.3) is 0 Å². The Hall–Kier alpha value is -3.02. The number of carbonyl (C=O) groups is 1. The lowest BCUT2D eigenvalue weighted by Crippen LogP contribution is -2.04. The van der Waals surface area contributed by atoms with Crippen LogP contribution in [0.15, 0.2) is 36.7 Å². The van der Waals surface area contributed by atoms with Crippen LogP contribution >= 0.6 is 0 Å². The molecule has 0 aliphatic rings. The van der Waals surface area contributed by atoms with E-state index in [0.29, 0.717) is 28.5 Å². The van der Waals surface area contributed by atoms with E-state index in [1.807, 2.05) is 29.7 Å². The molecule has 24 heavy (non-hydrogen) atoms. The average Bonchev–Trinajstić information content (AvgIpc) is 3.02. The summed E-state index contributed by atoms with van der Waals surface area (Å²) in [4.78, 5) is 17.2. The van der Waals surface area contributed by atoms with Crippen molar-refractivity contribution in [1.82, 2.24) is 9.38 Å². The van der Waals surface area contributed by atoms with Crippen molar-refractivity contribution >= 4 is 11.4 Å². The maximum absolute atomic E-state index is 12.8. The van der Waals surface area contributed by atoms with Crippen LogP contribution in [0, 0.1) is 6.92 Å². The number of nitrogens with zero attached hydrogens (tertiary/aromatic N) is 2. The van der Waals surface area contributed by atoms with Gasteiger partial charge in [0.1, 0.15) is 11.3 Å². The predicted molar refractivity (Wildman–Crippen MR) is 89.5 cm³/mol. The third kappa shape index (κ3) is 2.67. The highest BCUT2D eigenvalue weighted by Gasteiger charge is 2.19. The molecule has 0 saturated carbocycles. The molecular formula is C18H18N2O4. The van der Waals surface area contributed by atoms with E-state index in [4.69, 9.17) is 14.2 Å². The first-order valence-electron chi connectivity index (χ1n) is 7.37. The van der Waals surface area contributed by atoms with Crippen LogP contribution in [0.2, 0.25) is 0 Å². The normalized spacial score (nSPS) is 10.7. The molecule has 1 aromatic carbocycles. The Morgan fingerprint density at radius 2 is 1.71 bits per heavy atom. The first-order valence-corrected chi connectivity index (χ1v) is 7.37. The van der Waals surface area contributed by atoms with E-state index in [0.717, 1.165) is 11.2 Å². The highest BCUT2D eigenvalue weighted by molar-refractivity contribution is 6.08. The molecule has 3 rings (SSSR count). The van der Waals surface area contributed by atoms with Crippen LogP contribution in [-0.4, -0.2) is 36.5 Å². The molecule has 0 radical (unpaired) electrons. The van der Waals surface area contributed by atoms with E-state index < -0.39 is 0 Å². The molecule has 0 bridgehead atoms. The molecule has 0 amide bonds. The Morgan fingerprint density at radius 3 is 2.29 bits per heavy atom. The van der Waals surface area contributed by atoms with Crippen LogP contribution in [-0.2, 0) is 0 Å². The molecule has 3 aromatic rings. The lowest BCUT2D eigenvalue weighted by Gasteiger charge is -2.13. The number of pyridine rings is 1. The van der Waals surface area contributed by atoms with E-state index in [2.05, 4.69) is 4.98 Å². The van der Waals surface area contributed by atoms with Crippen molar-refractivity contribution < 1.29 is 19.0 Å². The van der Waals surface area contributed by atoms with Crippen LogP contribution in [0.25, 0.3) is 5.65 Å². The number of rotatable bonds is 5. The maximum atomic E-state index is 12.8. The number of methoxy groups -OCH3 is 3. The second-order valence-corrected chi connectivity index (χ2v) is 5.34. The predicted octanol–water partition coefficient (Wildman–Crippen LogP) is 2.90. The standard InChI is InChI=1S/C18H18N2O4/c1-11-5-6-20-10-13(19-16(20)7-11)17(21)12-8-14(22-2)18(24-4)15(9-12)23-3/h5-10H,1-4H3. The van der Waals surface area contributed by atoms with Crippen LogP contribution in [0.4, 0.5) is 0 Å². The first kappa shape index (κ1) is 15.9. The van der Waals surface area contributed by atoms with Gasteiger partial charge in [-0.25, -0.2) is 4.98 Å². The van der Waals surface area contributed by atoms with E-state index in [9.17, 15) is 4.79 Å². The number of hydrogen-bond donors (Lipinski definition) is 0.